The molecule has 22 heavy (non-hydrogen) atoms. The van der Waals surface area contributed by atoms with Gasteiger partial charge in [0.25, 0.3) is 11.8 Å². The number of anilines is 1. The van der Waals surface area contributed by atoms with E-state index in [2.05, 4.69) is 19.4 Å². The zero-order valence-corrected chi connectivity index (χ0v) is 10.4. The highest BCUT2D eigenvalue weighted by Crippen LogP contribution is 2.24. The van der Waals surface area contributed by atoms with E-state index in [4.69, 9.17) is 0 Å². The molecule has 1 aromatic carbocycles. The van der Waals surface area contributed by atoms with E-state index in [9.17, 15) is 26.7 Å². The lowest BCUT2D eigenvalue weighted by molar-refractivity contribution is -0.274. The number of rotatable bonds is 4. The van der Waals surface area contributed by atoms with Crippen molar-refractivity contribution in [3.05, 3.63) is 35.7 Å². The highest BCUT2D eigenvalue weighted by molar-refractivity contribution is 6.03. The zero-order valence-electron chi connectivity index (χ0n) is 10.4. The fourth-order valence-corrected chi connectivity index (χ4v) is 1.38. The normalized spacial score (nSPS) is 11.5. The fraction of sp³-hybridized carbons (Fsp3) is 0.182. The molecule has 0 bridgehead atoms. The number of carbonyl (C=O) groups is 1. The first-order valence-corrected chi connectivity index (χ1v) is 5.53. The third kappa shape index (κ3) is 4.14. The van der Waals surface area contributed by atoms with Gasteiger partial charge in [-0.1, -0.05) is 11.2 Å². The minimum absolute atomic E-state index is 0.224. The summed E-state index contributed by atoms with van der Waals surface area (Å²) in [6, 6.07) is 3.53. The summed E-state index contributed by atoms with van der Waals surface area (Å²) in [5.74, 6) is -2.54. The van der Waals surface area contributed by atoms with Crippen LogP contribution in [0.3, 0.4) is 0 Å². The second-order valence-corrected chi connectivity index (χ2v) is 3.78. The molecule has 1 amide bonds. The summed E-state index contributed by atoms with van der Waals surface area (Å²) < 4.78 is 68.7. The van der Waals surface area contributed by atoms with Crippen LogP contribution >= 0.6 is 0 Å². The van der Waals surface area contributed by atoms with Crippen molar-refractivity contribution in [2.45, 2.75) is 12.8 Å². The minimum atomic E-state index is -4.91. The molecule has 0 unspecified atom stereocenters. The number of amides is 1. The number of benzene rings is 1. The van der Waals surface area contributed by atoms with E-state index < -0.39 is 36.3 Å². The van der Waals surface area contributed by atoms with Gasteiger partial charge in [0, 0.05) is 5.56 Å². The second kappa shape index (κ2) is 5.95. The Kier molecular flexibility index (Phi) is 4.24. The molecule has 0 fully saturated rings. The molecule has 0 saturated carbocycles. The molecule has 1 N–H and O–H groups in total. The van der Waals surface area contributed by atoms with E-state index >= 15 is 0 Å². The van der Waals surface area contributed by atoms with E-state index in [-0.39, 0.29) is 5.56 Å². The summed E-state index contributed by atoms with van der Waals surface area (Å²) >= 11 is 0. The van der Waals surface area contributed by atoms with Crippen LogP contribution in [0.2, 0.25) is 0 Å². The average molecular weight is 323 g/mol. The number of halogens is 5. The molecule has 0 aliphatic heterocycles. The summed E-state index contributed by atoms with van der Waals surface area (Å²) in [6.07, 6.45) is -7.92. The number of alkyl halides is 5. The van der Waals surface area contributed by atoms with Crippen molar-refractivity contribution in [3.63, 3.8) is 0 Å². The van der Waals surface area contributed by atoms with Crippen LogP contribution in [0.15, 0.2) is 28.7 Å². The lowest BCUT2D eigenvalue weighted by atomic mass is 10.2. The molecule has 2 rings (SSSR count). The molecule has 0 spiro atoms. The van der Waals surface area contributed by atoms with Crippen LogP contribution in [0.4, 0.5) is 28.0 Å². The number of hydrogen-bond donors (Lipinski definition) is 1. The van der Waals surface area contributed by atoms with Crippen LogP contribution in [-0.4, -0.2) is 22.5 Å². The summed E-state index contributed by atoms with van der Waals surface area (Å²) in [5, 5.41) is 8.09. The predicted octanol–water partition coefficient (Wildman–Crippen LogP) is 3.16. The molecule has 1 aromatic heterocycles. The largest absolute Gasteiger partial charge is 0.573 e. The highest BCUT2D eigenvalue weighted by Gasteiger charge is 2.31. The van der Waals surface area contributed by atoms with Gasteiger partial charge in [-0.05, 0) is 18.2 Å². The van der Waals surface area contributed by atoms with Gasteiger partial charge in [0.2, 0.25) is 0 Å². The van der Waals surface area contributed by atoms with Crippen LogP contribution in [0, 0.1) is 0 Å². The van der Waals surface area contributed by atoms with Gasteiger partial charge < -0.3 is 9.15 Å². The lowest BCUT2D eigenvalue weighted by Crippen LogP contribution is -2.18. The minimum Gasteiger partial charge on any atom is -0.406 e. The monoisotopic (exact) mass is 323 g/mol. The van der Waals surface area contributed by atoms with Crippen LogP contribution in [0.5, 0.6) is 5.75 Å². The molecule has 0 aliphatic rings. The Labute approximate surface area is 118 Å². The number of carbonyl (C=O) groups excluding carboxylic acids is 1. The molecule has 2 aromatic rings. The molecular formula is C11H6F5N3O3. The number of nitrogens with zero attached hydrogens (tertiary/aromatic N) is 2. The standard InChI is InChI=1S/C11H6F5N3O3/c12-7(13)9-18-19-10(21-9)17-8(20)5-2-1-3-6(4-5)22-11(14,15)16/h1-4,7H,(H,17,19,20). The zero-order chi connectivity index (χ0) is 16.3. The maximum atomic E-state index is 12.2. The van der Waals surface area contributed by atoms with Crippen molar-refractivity contribution in [2.24, 2.45) is 0 Å². The summed E-state index contributed by atoms with van der Waals surface area (Å²) in [4.78, 5) is 11.7. The van der Waals surface area contributed by atoms with Gasteiger partial charge in [-0.15, -0.1) is 18.3 Å². The first-order chi connectivity index (χ1) is 10.2. The SMILES string of the molecule is O=C(Nc1nnc(C(F)F)o1)c1cccc(OC(F)(F)F)c1. The topological polar surface area (TPSA) is 77.3 Å². The van der Waals surface area contributed by atoms with Gasteiger partial charge >= 0.3 is 18.8 Å². The van der Waals surface area contributed by atoms with Crippen LogP contribution in [-0.2, 0) is 0 Å². The Morgan fingerprint density at radius 3 is 2.59 bits per heavy atom. The summed E-state index contributed by atoms with van der Waals surface area (Å²) in [7, 11) is 0. The van der Waals surface area contributed by atoms with E-state index in [1.165, 1.54) is 6.07 Å². The molecular weight excluding hydrogens is 317 g/mol. The Morgan fingerprint density at radius 2 is 2.00 bits per heavy atom. The van der Waals surface area contributed by atoms with Crippen molar-refractivity contribution in [1.82, 2.24) is 10.2 Å². The summed E-state index contributed by atoms with van der Waals surface area (Å²) in [6.45, 7) is 0. The highest BCUT2D eigenvalue weighted by atomic mass is 19.4. The van der Waals surface area contributed by atoms with Crippen molar-refractivity contribution in [3.8, 4) is 5.75 Å². The van der Waals surface area contributed by atoms with Crippen molar-refractivity contribution < 1.29 is 35.9 Å². The van der Waals surface area contributed by atoms with Gasteiger partial charge in [0.05, 0.1) is 0 Å². The molecule has 0 radical (unpaired) electrons. The van der Waals surface area contributed by atoms with Gasteiger partial charge in [-0.25, -0.2) is 0 Å². The Hall–Kier alpha value is -2.72. The molecule has 0 aliphatic carbocycles. The van der Waals surface area contributed by atoms with Gasteiger partial charge in [0.15, 0.2) is 0 Å². The van der Waals surface area contributed by atoms with E-state index in [0.29, 0.717) is 0 Å². The van der Waals surface area contributed by atoms with E-state index in [1.54, 1.807) is 0 Å². The van der Waals surface area contributed by atoms with Crippen molar-refractivity contribution >= 4 is 11.9 Å². The molecule has 11 heteroatoms. The number of nitrogens with one attached hydrogen (secondary N) is 1. The van der Waals surface area contributed by atoms with Crippen molar-refractivity contribution in [1.29, 1.82) is 0 Å². The van der Waals surface area contributed by atoms with Crippen LogP contribution < -0.4 is 10.1 Å². The summed E-state index contributed by atoms with van der Waals surface area (Å²) in [5.41, 5.74) is -0.224. The Bertz CT molecular complexity index is 671. The van der Waals surface area contributed by atoms with Gasteiger partial charge in [0.1, 0.15) is 5.75 Å². The van der Waals surface area contributed by atoms with Crippen molar-refractivity contribution in [2.75, 3.05) is 5.32 Å². The molecule has 1 heterocycles. The third-order valence-electron chi connectivity index (χ3n) is 2.18. The first kappa shape index (κ1) is 15.7. The molecule has 6 nitrogen and oxygen atoms in total. The third-order valence-corrected chi connectivity index (χ3v) is 2.18. The Morgan fingerprint density at radius 1 is 1.27 bits per heavy atom. The van der Waals surface area contributed by atoms with Crippen LogP contribution in [0.1, 0.15) is 22.7 Å². The van der Waals surface area contributed by atoms with Gasteiger partial charge in [-0.2, -0.15) is 8.78 Å². The maximum Gasteiger partial charge on any atom is 0.573 e. The predicted molar refractivity (Wildman–Crippen MR) is 60.3 cm³/mol. The van der Waals surface area contributed by atoms with E-state index in [0.717, 1.165) is 18.2 Å². The first-order valence-electron chi connectivity index (χ1n) is 5.53. The number of hydrogen-bond acceptors (Lipinski definition) is 5. The quantitative estimate of drug-likeness (QED) is 0.875. The average Bonchev–Trinajstić information content (AvgIpc) is 2.85. The fourth-order valence-electron chi connectivity index (χ4n) is 1.38. The van der Waals surface area contributed by atoms with Gasteiger partial charge in [-0.3, -0.25) is 10.1 Å². The Balaban J connectivity index is 2.10. The maximum absolute atomic E-state index is 12.2. The molecule has 118 valence electrons. The number of aromatic nitrogens is 2. The van der Waals surface area contributed by atoms with Crippen LogP contribution in [0.25, 0.3) is 0 Å². The number of ether oxygens (including phenoxy) is 1. The molecule has 0 saturated heterocycles. The molecule has 0 atom stereocenters. The lowest BCUT2D eigenvalue weighted by Gasteiger charge is -2.09. The van der Waals surface area contributed by atoms with E-state index in [1.807, 2.05) is 5.32 Å². The smallest absolute Gasteiger partial charge is 0.406 e. The second-order valence-electron chi connectivity index (χ2n) is 3.78.